The van der Waals surface area contributed by atoms with Gasteiger partial charge in [0.05, 0.1) is 20.2 Å². The molecule has 3 rings (SSSR count). The number of aromatic hydroxyl groups is 2. The summed E-state index contributed by atoms with van der Waals surface area (Å²) < 4.78 is 1.26. The molecular weight excluding hydrogens is 424 g/mol. The van der Waals surface area contributed by atoms with Crippen LogP contribution in [0.3, 0.4) is 0 Å². The number of rotatable bonds is 7. The van der Waals surface area contributed by atoms with Crippen molar-refractivity contribution in [2.45, 2.75) is 32.1 Å². The Kier molecular flexibility index (Phi) is 6.68. The summed E-state index contributed by atoms with van der Waals surface area (Å²) in [5.74, 6) is -0.827. The predicted molar refractivity (Wildman–Crippen MR) is 126 cm³/mol. The zero-order valence-electron chi connectivity index (χ0n) is 18.6. The van der Waals surface area contributed by atoms with Crippen molar-refractivity contribution in [2.24, 2.45) is 7.05 Å². The molecule has 0 aliphatic rings. The first kappa shape index (κ1) is 23.1. The van der Waals surface area contributed by atoms with Gasteiger partial charge in [0.15, 0.2) is 0 Å². The van der Waals surface area contributed by atoms with E-state index in [4.69, 9.17) is 0 Å². The fourth-order valence-corrected chi connectivity index (χ4v) is 4.38. The monoisotopic (exact) mass is 452 g/mol. The van der Waals surface area contributed by atoms with Gasteiger partial charge in [-0.1, -0.05) is 49.1 Å². The van der Waals surface area contributed by atoms with Crippen molar-refractivity contribution in [3.63, 3.8) is 0 Å². The van der Waals surface area contributed by atoms with E-state index in [0.717, 1.165) is 0 Å². The number of anilines is 1. The van der Waals surface area contributed by atoms with Crippen molar-refractivity contribution in [1.82, 2.24) is 15.1 Å². The van der Waals surface area contributed by atoms with Crippen molar-refractivity contribution in [3.05, 3.63) is 65.9 Å². The van der Waals surface area contributed by atoms with Gasteiger partial charge in [-0.2, -0.15) is 5.10 Å². The van der Waals surface area contributed by atoms with Crippen LogP contribution in [0.25, 0.3) is 0 Å². The van der Waals surface area contributed by atoms with E-state index in [9.17, 15) is 19.8 Å². The zero-order valence-corrected chi connectivity index (χ0v) is 19.6. The van der Waals surface area contributed by atoms with E-state index < -0.39 is 25.9 Å². The second-order valence-corrected chi connectivity index (χ2v) is 13.8. The Labute approximate surface area is 187 Å². The number of nitrogens with one attached hydrogen (secondary N) is 2. The number of benzene rings is 2. The highest BCUT2D eigenvalue weighted by Crippen LogP contribution is 2.20. The van der Waals surface area contributed by atoms with Gasteiger partial charge in [-0.3, -0.25) is 9.59 Å². The topological polar surface area (TPSA) is 116 Å². The smallest absolute Gasteiger partial charge is 0.251 e. The molecule has 0 saturated heterocycles. The third-order valence-electron chi connectivity index (χ3n) is 5.06. The van der Waals surface area contributed by atoms with Gasteiger partial charge in [0.1, 0.15) is 11.8 Å². The van der Waals surface area contributed by atoms with Gasteiger partial charge in [-0.05, 0) is 29.8 Å². The Balaban J connectivity index is 1.78. The summed E-state index contributed by atoms with van der Waals surface area (Å²) in [5.41, 5.74) is 1.54. The second kappa shape index (κ2) is 9.27. The Hall–Kier alpha value is -3.59. The highest BCUT2D eigenvalue weighted by Gasteiger charge is 2.24. The maximum absolute atomic E-state index is 13.1. The molecule has 2 amide bonds. The minimum absolute atomic E-state index is 0.0533. The lowest BCUT2D eigenvalue weighted by Gasteiger charge is -2.20. The number of hydrogen-bond acceptors (Lipinski definition) is 5. The number of nitrogens with zero attached hydrogens (tertiary/aromatic N) is 2. The van der Waals surface area contributed by atoms with Crippen LogP contribution < -0.4 is 15.8 Å². The minimum atomic E-state index is -1.46. The van der Waals surface area contributed by atoms with Crippen LogP contribution in [0.4, 0.5) is 5.69 Å². The average Bonchev–Trinajstić information content (AvgIpc) is 3.03. The number of phenols is 1. The molecule has 1 unspecified atom stereocenters. The number of aryl methyl sites for hydroxylation is 1. The number of carbonyl (C=O) groups excluding carboxylic acids is 2. The Morgan fingerprint density at radius 3 is 2.19 bits per heavy atom. The molecule has 1 aromatic heterocycles. The predicted octanol–water partition coefficient (Wildman–Crippen LogP) is 2.42. The Bertz CT molecular complexity index is 1080. The molecule has 168 valence electrons. The van der Waals surface area contributed by atoms with Crippen LogP contribution in [0.2, 0.25) is 19.6 Å². The molecule has 32 heavy (non-hydrogen) atoms. The third kappa shape index (κ3) is 5.76. The van der Waals surface area contributed by atoms with E-state index in [1.165, 1.54) is 28.1 Å². The molecule has 2 aromatic carbocycles. The number of amides is 2. The summed E-state index contributed by atoms with van der Waals surface area (Å²) in [7, 11) is 0.110. The molecule has 3 aromatic rings. The van der Waals surface area contributed by atoms with Crippen LogP contribution in [0.15, 0.2) is 54.6 Å². The van der Waals surface area contributed by atoms with E-state index in [-0.39, 0.29) is 18.1 Å². The quantitative estimate of drug-likeness (QED) is 0.411. The van der Waals surface area contributed by atoms with Gasteiger partial charge < -0.3 is 20.8 Å². The first-order chi connectivity index (χ1) is 15.0. The summed E-state index contributed by atoms with van der Waals surface area (Å²) in [4.78, 5) is 25.7. The number of carbonyl (C=O) groups is 2. The maximum Gasteiger partial charge on any atom is 0.251 e. The molecule has 0 bridgehead atoms. The van der Waals surface area contributed by atoms with E-state index in [0.29, 0.717) is 16.9 Å². The molecule has 9 heteroatoms. The lowest BCUT2D eigenvalue weighted by atomic mass is 10.1. The summed E-state index contributed by atoms with van der Waals surface area (Å²) in [5, 5.41) is 30.2. The van der Waals surface area contributed by atoms with Crippen LogP contribution in [0.5, 0.6) is 11.6 Å². The van der Waals surface area contributed by atoms with Crippen LogP contribution in [-0.4, -0.2) is 39.9 Å². The summed E-state index contributed by atoms with van der Waals surface area (Å²) >= 11 is 0. The van der Waals surface area contributed by atoms with Gasteiger partial charge in [0.2, 0.25) is 11.8 Å². The van der Waals surface area contributed by atoms with Gasteiger partial charge in [0, 0.05) is 18.8 Å². The first-order valence-corrected chi connectivity index (χ1v) is 13.7. The van der Waals surface area contributed by atoms with Crippen LogP contribution >= 0.6 is 0 Å². The molecule has 0 spiro atoms. The standard InChI is InChI=1S/C23H28N4O4Si/c1-27-21(30)14-17(26-27)13-20(29)25-22(15-5-9-18(28)10-6-15)23(31)24-16-7-11-19(12-8-16)32(2,3)4/h5-12,14,22,28,30H,13H2,1-4H3,(H,24,31)(H,25,29). The summed E-state index contributed by atoms with van der Waals surface area (Å²) in [6, 6.07) is 14.3. The molecule has 0 radical (unpaired) electrons. The molecule has 8 nitrogen and oxygen atoms in total. The van der Waals surface area contributed by atoms with E-state index >= 15 is 0 Å². The van der Waals surface area contributed by atoms with Crippen LogP contribution in [-0.2, 0) is 23.1 Å². The Morgan fingerprint density at radius 2 is 1.66 bits per heavy atom. The SMILES string of the molecule is Cn1nc(CC(=O)NC(C(=O)Nc2ccc([Si](C)(C)C)cc2)c2ccc(O)cc2)cc1O. The second-order valence-electron chi connectivity index (χ2n) is 8.70. The number of aromatic nitrogens is 2. The molecule has 0 aliphatic carbocycles. The minimum Gasteiger partial charge on any atom is -0.508 e. The normalized spacial score (nSPS) is 12.2. The fourth-order valence-electron chi connectivity index (χ4n) is 3.21. The Morgan fingerprint density at radius 1 is 1.03 bits per heavy atom. The lowest BCUT2D eigenvalue weighted by molar-refractivity contribution is -0.126. The number of phenolic OH excluding ortho intramolecular Hbond substituents is 1. The van der Waals surface area contributed by atoms with E-state index in [2.05, 4.69) is 35.4 Å². The molecule has 0 saturated carbocycles. The average molecular weight is 453 g/mol. The molecule has 1 atom stereocenters. The van der Waals surface area contributed by atoms with Crippen molar-refractivity contribution < 1.29 is 19.8 Å². The van der Waals surface area contributed by atoms with Gasteiger partial charge >= 0.3 is 0 Å². The van der Waals surface area contributed by atoms with Gasteiger partial charge in [-0.15, -0.1) is 0 Å². The highest BCUT2D eigenvalue weighted by molar-refractivity contribution is 6.88. The maximum atomic E-state index is 13.1. The van der Waals surface area contributed by atoms with Crippen molar-refractivity contribution in [3.8, 4) is 11.6 Å². The summed E-state index contributed by atoms with van der Waals surface area (Å²) in [6.45, 7) is 6.74. The first-order valence-electron chi connectivity index (χ1n) is 10.2. The van der Waals surface area contributed by atoms with Gasteiger partial charge in [0.25, 0.3) is 5.91 Å². The largest absolute Gasteiger partial charge is 0.508 e. The van der Waals surface area contributed by atoms with Crippen molar-refractivity contribution in [1.29, 1.82) is 0 Å². The zero-order chi connectivity index (χ0) is 23.5. The third-order valence-corrected chi connectivity index (χ3v) is 7.13. The molecule has 0 aliphatic heterocycles. The van der Waals surface area contributed by atoms with E-state index in [1.807, 2.05) is 24.3 Å². The van der Waals surface area contributed by atoms with Crippen LogP contribution in [0, 0.1) is 0 Å². The fraction of sp³-hybridized carbons (Fsp3) is 0.261. The van der Waals surface area contributed by atoms with Crippen LogP contribution in [0.1, 0.15) is 17.3 Å². The van der Waals surface area contributed by atoms with Crippen molar-refractivity contribution >= 4 is 30.8 Å². The lowest BCUT2D eigenvalue weighted by Crippen LogP contribution is -2.38. The molecule has 4 N–H and O–H groups in total. The number of hydrogen-bond donors (Lipinski definition) is 4. The molecular formula is C23H28N4O4Si. The van der Waals surface area contributed by atoms with Gasteiger partial charge in [-0.25, -0.2) is 4.68 Å². The van der Waals surface area contributed by atoms with Crippen molar-refractivity contribution in [2.75, 3.05) is 5.32 Å². The molecule has 1 heterocycles. The van der Waals surface area contributed by atoms with E-state index in [1.54, 1.807) is 19.2 Å². The highest BCUT2D eigenvalue weighted by atomic mass is 28.3. The molecule has 0 fully saturated rings. The summed E-state index contributed by atoms with van der Waals surface area (Å²) in [6.07, 6.45) is -0.0961.